The van der Waals surface area contributed by atoms with E-state index in [9.17, 15) is 0 Å². The van der Waals surface area contributed by atoms with Gasteiger partial charge in [-0.3, -0.25) is 9.88 Å². The highest BCUT2D eigenvalue weighted by Crippen LogP contribution is 2.21. The molecule has 0 fully saturated rings. The van der Waals surface area contributed by atoms with E-state index < -0.39 is 0 Å². The quantitative estimate of drug-likeness (QED) is 0.307. The first-order valence-corrected chi connectivity index (χ1v) is 11.1. The number of fused-ring (bicyclic) bond motifs is 1. The Labute approximate surface area is 184 Å². The van der Waals surface area contributed by atoms with Crippen LogP contribution in [0.1, 0.15) is 25.1 Å². The van der Waals surface area contributed by atoms with Crippen LogP contribution in [0.4, 0.5) is 17.1 Å². The Morgan fingerprint density at radius 2 is 1.68 bits per heavy atom. The number of aromatic nitrogens is 2. The van der Waals surface area contributed by atoms with Crippen molar-refractivity contribution in [2.24, 2.45) is 0 Å². The fourth-order valence-electron chi connectivity index (χ4n) is 3.84. The summed E-state index contributed by atoms with van der Waals surface area (Å²) in [6, 6.07) is 21.1. The molecule has 0 amide bonds. The zero-order valence-corrected chi connectivity index (χ0v) is 18.4. The molecule has 2 aromatic heterocycles. The van der Waals surface area contributed by atoms with Crippen LogP contribution in [-0.2, 0) is 13.0 Å². The maximum absolute atomic E-state index is 4.51. The Morgan fingerprint density at radius 3 is 2.48 bits per heavy atom. The number of pyridine rings is 1. The van der Waals surface area contributed by atoms with Gasteiger partial charge >= 0.3 is 0 Å². The lowest BCUT2D eigenvalue weighted by molar-refractivity contribution is 0.292. The number of rotatable bonds is 10. The van der Waals surface area contributed by atoms with E-state index in [2.05, 4.69) is 100 Å². The highest BCUT2D eigenvalue weighted by Gasteiger charge is 2.05. The molecule has 0 spiro atoms. The predicted octanol–water partition coefficient (Wildman–Crippen LogP) is 5.80. The number of hydrogen-bond acceptors (Lipinski definition) is 4. The van der Waals surface area contributed by atoms with Gasteiger partial charge in [0.15, 0.2) is 0 Å². The fraction of sp³-hybridized carbons (Fsp3) is 0.269. The Balaban J connectivity index is 1.31. The maximum Gasteiger partial charge on any atom is 0.0564 e. The topological polar surface area (TPSA) is 56.0 Å². The first kappa shape index (κ1) is 20.9. The van der Waals surface area contributed by atoms with Crippen molar-refractivity contribution in [3.8, 4) is 0 Å². The molecular weight excluding hydrogens is 382 g/mol. The first-order valence-electron chi connectivity index (χ1n) is 11.1. The summed E-state index contributed by atoms with van der Waals surface area (Å²) in [5, 5.41) is 8.32. The zero-order valence-electron chi connectivity index (χ0n) is 18.4. The van der Waals surface area contributed by atoms with Crippen LogP contribution in [0.25, 0.3) is 10.9 Å². The van der Waals surface area contributed by atoms with Crippen molar-refractivity contribution in [1.82, 2.24) is 14.9 Å². The Kier molecular flexibility index (Phi) is 6.85. The number of aromatic amines is 1. The van der Waals surface area contributed by atoms with Crippen molar-refractivity contribution in [2.75, 3.05) is 30.3 Å². The van der Waals surface area contributed by atoms with Gasteiger partial charge in [0, 0.05) is 53.4 Å². The van der Waals surface area contributed by atoms with Crippen molar-refractivity contribution >= 4 is 28.0 Å². The Morgan fingerprint density at radius 1 is 0.903 bits per heavy atom. The normalized spacial score (nSPS) is 11.2. The first-order chi connectivity index (χ1) is 15.2. The molecule has 0 saturated heterocycles. The van der Waals surface area contributed by atoms with Gasteiger partial charge in [-0.15, -0.1) is 0 Å². The number of nitrogens with one attached hydrogen (secondary N) is 3. The van der Waals surface area contributed by atoms with Crippen molar-refractivity contribution in [3.05, 3.63) is 84.3 Å². The average molecular weight is 414 g/mol. The molecule has 0 aliphatic heterocycles. The molecule has 3 N–H and O–H groups in total. The number of hydrogen-bond donors (Lipinski definition) is 3. The van der Waals surface area contributed by atoms with Crippen LogP contribution in [0.2, 0.25) is 0 Å². The van der Waals surface area contributed by atoms with Crippen molar-refractivity contribution in [3.63, 3.8) is 0 Å². The third-order valence-electron chi connectivity index (χ3n) is 5.67. The molecule has 2 aromatic carbocycles. The second-order valence-electron chi connectivity index (χ2n) is 7.74. The lowest BCUT2D eigenvalue weighted by Gasteiger charge is -2.17. The molecule has 0 radical (unpaired) electrons. The third kappa shape index (κ3) is 5.44. The average Bonchev–Trinajstić information content (AvgIpc) is 3.22. The highest BCUT2D eigenvalue weighted by atomic mass is 15.1. The van der Waals surface area contributed by atoms with Crippen LogP contribution < -0.4 is 10.6 Å². The Hall–Kier alpha value is -3.31. The van der Waals surface area contributed by atoms with Crippen molar-refractivity contribution in [1.29, 1.82) is 0 Å². The van der Waals surface area contributed by atoms with Crippen LogP contribution in [0, 0.1) is 0 Å². The van der Waals surface area contributed by atoms with Crippen LogP contribution in [0.3, 0.4) is 0 Å². The summed E-state index contributed by atoms with van der Waals surface area (Å²) in [6.45, 7) is 8.20. The van der Waals surface area contributed by atoms with Gasteiger partial charge in [-0.2, -0.15) is 0 Å². The Bertz CT molecular complexity index is 1100. The van der Waals surface area contributed by atoms with E-state index in [1.165, 1.54) is 16.5 Å². The molecule has 2 heterocycles. The summed E-state index contributed by atoms with van der Waals surface area (Å²) < 4.78 is 0. The molecular formula is C26H31N5. The number of anilines is 3. The summed E-state index contributed by atoms with van der Waals surface area (Å²) in [5.41, 5.74) is 6.90. The molecule has 0 bridgehead atoms. The molecule has 4 rings (SSSR count). The molecule has 0 aliphatic rings. The third-order valence-corrected chi connectivity index (χ3v) is 5.67. The smallest absolute Gasteiger partial charge is 0.0564 e. The lowest BCUT2D eigenvalue weighted by Crippen LogP contribution is -2.22. The molecule has 0 atom stereocenters. The zero-order chi connectivity index (χ0) is 21.5. The molecule has 5 heteroatoms. The van der Waals surface area contributed by atoms with E-state index >= 15 is 0 Å². The van der Waals surface area contributed by atoms with Gasteiger partial charge in [0.1, 0.15) is 0 Å². The molecule has 31 heavy (non-hydrogen) atoms. The maximum atomic E-state index is 4.51. The van der Waals surface area contributed by atoms with Crippen molar-refractivity contribution in [2.45, 2.75) is 26.8 Å². The molecule has 0 unspecified atom stereocenters. The molecule has 160 valence electrons. The van der Waals surface area contributed by atoms with E-state index in [4.69, 9.17) is 0 Å². The minimum Gasteiger partial charge on any atom is -0.385 e. The summed E-state index contributed by atoms with van der Waals surface area (Å²) >= 11 is 0. The largest absolute Gasteiger partial charge is 0.385 e. The summed E-state index contributed by atoms with van der Waals surface area (Å²) in [4.78, 5) is 10.2. The number of H-pyrrole nitrogens is 1. The number of benzene rings is 2. The lowest BCUT2D eigenvalue weighted by atomic mass is 10.1. The van der Waals surface area contributed by atoms with Crippen LogP contribution in [0.15, 0.2) is 73.1 Å². The van der Waals surface area contributed by atoms with Crippen LogP contribution in [-0.4, -0.2) is 34.5 Å². The molecule has 0 saturated carbocycles. The van der Waals surface area contributed by atoms with Gasteiger partial charge in [-0.05, 0) is 67.5 Å². The second kappa shape index (κ2) is 10.1. The number of nitrogens with zero attached hydrogens (tertiary/aromatic N) is 2. The fourth-order valence-corrected chi connectivity index (χ4v) is 3.84. The predicted molar refractivity (Wildman–Crippen MR) is 131 cm³/mol. The van der Waals surface area contributed by atoms with Gasteiger partial charge < -0.3 is 15.6 Å². The summed E-state index contributed by atoms with van der Waals surface area (Å²) in [6.07, 6.45) is 4.97. The van der Waals surface area contributed by atoms with Gasteiger partial charge in [0.05, 0.1) is 5.69 Å². The summed E-state index contributed by atoms with van der Waals surface area (Å²) in [7, 11) is 0. The van der Waals surface area contributed by atoms with Gasteiger partial charge in [0.25, 0.3) is 0 Å². The van der Waals surface area contributed by atoms with Crippen molar-refractivity contribution < 1.29 is 0 Å². The van der Waals surface area contributed by atoms with Gasteiger partial charge in [-0.25, -0.2) is 0 Å². The van der Waals surface area contributed by atoms with Crippen LogP contribution >= 0.6 is 0 Å². The van der Waals surface area contributed by atoms with E-state index in [0.29, 0.717) is 0 Å². The monoisotopic (exact) mass is 413 g/mol. The van der Waals surface area contributed by atoms with E-state index in [1.54, 1.807) is 0 Å². The van der Waals surface area contributed by atoms with E-state index in [0.717, 1.165) is 55.4 Å². The second-order valence-corrected chi connectivity index (χ2v) is 7.74. The minimum absolute atomic E-state index is 0.877. The van der Waals surface area contributed by atoms with Gasteiger partial charge in [-0.1, -0.05) is 32.0 Å². The van der Waals surface area contributed by atoms with Gasteiger partial charge in [0.2, 0.25) is 0 Å². The minimum atomic E-state index is 0.877. The number of para-hydroxylation sites is 1. The molecule has 4 aromatic rings. The van der Waals surface area contributed by atoms with E-state index in [1.807, 2.05) is 12.3 Å². The molecule has 0 aliphatic carbocycles. The van der Waals surface area contributed by atoms with Crippen LogP contribution in [0.5, 0.6) is 0 Å². The molecule has 5 nitrogen and oxygen atoms in total. The standard InChI is InChI=1S/C26H31N5/c1-3-31(4-2)19-24-17-23(14-16-28-24)30-22-11-9-21(10-12-22)27-15-13-20-18-29-26-8-6-5-7-25(20)26/h5-12,14,16-18,27,29H,3-4,13,15,19H2,1-2H3,(H,28,30). The highest BCUT2D eigenvalue weighted by molar-refractivity contribution is 5.83. The van der Waals surface area contributed by atoms with E-state index in [-0.39, 0.29) is 0 Å². The summed E-state index contributed by atoms with van der Waals surface area (Å²) in [5.74, 6) is 0. The SMILES string of the molecule is CCN(CC)Cc1cc(Nc2ccc(NCCc3c[nH]c4ccccc34)cc2)ccn1.